The molecule has 1 N–H and O–H groups in total. The van der Waals surface area contributed by atoms with Crippen LogP contribution in [-0.2, 0) is 4.74 Å². The molecular weight excluding hydrogens is 489 g/mol. The van der Waals surface area contributed by atoms with Crippen LogP contribution in [-0.4, -0.2) is 67.9 Å². The summed E-state index contributed by atoms with van der Waals surface area (Å²) in [4.78, 5) is 37.3. The monoisotopic (exact) mass is 518 g/mol. The third-order valence-electron chi connectivity index (χ3n) is 5.93. The first-order valence-electron chi connectivity index (χ1n) is 11.9. The molecule has 3 heterocycles. The minimum atomic E-state index is -2.93. The predicted octanol–water partition coefficient (Wildman–Crippen LogP) is 4.67. The molecule has 9 nitrogen and oxygen atoms in total. The van der Waals surface area contributed by atoms with Gasteiger partial charge in [0.2, 0.25) is 5.95 Å². The summed E-state index contributed by atoms with van der Waals surface area (Å²) < 4.78 is 47.8. The quantitative estimate of drug-likeness (QED) is 0.528. The van der Waals surface area contributed by atoms with E-state index < -0.39 is 35.5 Å². The molecule has 0 aliphatic carbocycles. The number of nitrogens with zero attached hydrogens (tertiary/aromatic N) is 5. The number of imidazole rings is 1. The van der Waals surface area contributed by atoms with Gasteiger partial charge in [0.05, 0.1) is 11.6 Å². The largest absolute Gasteiger partial charge is 0.444 e. The Morgan fingerprint density at radius 2 is 1.70 bits per heavy atom. The van der Waals surface area contributed by atoms with Crippen molar-refractivity contribution in [3.05, 3.63) is 59.3 Å². The Morgan fingerprint density at radius 3 is 2.35 bits per heavy atom. The van der Waals surface area contributed by atoms with E-state index in [-0.39, 0.29) is 23.1 Å². The number of halogens is 3. The first-order chi connectivity index (χ1) is 17.4. The Bertz CT molecular complexity index is 1300. The highest BCUT2D eigenvalue weighted by Crippen LogP contribution is 2.28. The van der Waals surface area contributed by atoms with E-state index in [0.29, 0.717) is 31.8 Å². The second kappa shape index (κ2) is 10.3. The second-order valence-corrected chi connectivity index (χ2v) is 9.80. The molecule has 1 aliphatic rings. The summed E-state index contributed by atoms with van der Waals surface area (Å²) in [6.45, 7) is 8.34. The second-order valence-electron chi connectivity index (χ2n) is 9.80. The van der Waals surface area contributed by atoms with Crippen molar-refractivity contribution >= 4 is 23.6 Å². The number of fused-ring (bicyclic) bond motifs is 1. The standard InChI is InChI=1S/C25H29F3N6O3/c1-15(16-6-5-7-17(20(16)26)21(27)28)30-23-29-9-8-19-31-18(14-34(19)23)22(35)32-10-12-33(13-11-32)24(36)37-25(2,3)4/h5-9,14-15,21H,10-13H2,1-4H3,(H,29,30)/t15-/m1/s1. The molecule has 4 rings (SSSR count). The number of carbonyl (C=O) groups is 2. The average molecular weight is 519 g/mol. The molecule has 1 saturated heterocycles. The number of carbonyl (C=O) groups excluding carboxylic acids is 2. The van der Waals surface area contributed by atoms with Gasteiger partial charge in [-0.1, -0.05) is 18.2 Å². The molecule has 2 aromatic heterocycles. The highest BCUT2D eigenvalue weighted by molar-refractivity contribution is 5.93. The highest BCUT2D eigenvalue weighted by Gasteiger charge is 2.29. The van der Waals surface area contributed by atoms with E-state index >= 15 is 0 Å². The maximum atomic E-state index is 14.6. The molecule has 0 unspecified atom stereocenters. The molecule has 1 atom stereocenters. The average Bonchev–Trinajstić information content (AvgIpc) is 3.28. The summed E-state index contributed by atoms with van der Waals surface area (Å²) in [5.41, 5.74) is -0.590. The summed E-state index contributed by atoms with van der Waals surface area (Å²) in [5, 5.41) is 3.02. The van der Waals surface area contributed by atoms with Gasteiger partial charge in [0, 0.05) is 44.1 Å². The molecule has 0 radical (unpaired) electrons. The summed E-state index contributed by atoms with van der Waals surface area (Å²) in [6.07, 6.45) is -0.344. The van der Waals surface area contributed by atoms with Crippen molar-refractivity contribution in [3.63, 3.8) is 0 Å². The van der Waals surface area contributed by atoms with Crippen LogP contribution in [0.5, 0.6) is 0 Å². The maximum absolute atomic E-state index is 14.6. The number of ether oxygens (including phenoxy) is 1. The number of hydrogen-bond donors (Lipinski definition) is 1. The van der Waals surface area contributed by atoms with Gasteiger partial charge in [-0.05, 0) is 33.8 Å². The summed E-state index contributed by atoms with van der Waals surface area (Å²) in [7, 11) is 0. The van der Waals surface area contributed by atoms with Crippen LogP contribution in [0.4, 0.5) is 23.9 Å². The molecule has 37 heavy (non-hydrogen) atoms. The lowest BCUT2D eigenvalue weighted by Gasteiger charge is -2.35. The van der Waals surface area contributed by atoms with Crippen LogP contribution in [0.25, 0.3) is 5.65 Å². The normalized spacial score (nSPS) is 15.2. The summed E-state index contributed by atoms with van der Waals surface area (Å²) in [6, 6.07) is 4.78. The fourth-order valence-electron chi connectivity index (χ4n) is 4.05. The van der Waals surface area contributed by atoms with Gasteiger partial charge >= 0.3 is 6.09 Å². The zero-order chi connectivity index (χ0) is 26.9. The van der Waals surface area contributed by atoms with Crippen LogP contribution in [0.1, 0.15) is 61.8 Å². The van der Waals surface area contributed by atoms with Gasteiger partial charge in [-0.3, -0.25) is 9.20 Å². The number of rotatable bonds is 5. The van der Waals surface area contributed by atoms with Gasteiger partial charge in [0.25, 0.3) is 12.3 Å². The predicted molar refractivity (Wildman–Crippen MR) is 130 cm³/mol. The van der Waals surface area contributed by atoms with Crippen LogP contribution in [0.2, 0.25) is 0 Å². The lowest BCUT2D eigenvalue weighted by Crippen LogP contribution is -2.51. The molecule has 0 spiro atoms. The first-order valence-corrected chi connectivity index (χ1v) is 11.9. The Morgan fingerprint density at radius 1 is 1.05 bits per heavy atom. The van der Waals surface area contributed by atoms with E-state index in [1.54, 1.807) is 48.0 Å². The molecule has 3 aromatic rings. The van der Waals surface area contributed by atoms with Gasteiger partial charge in [0.15, 0.2) is 0 Å². The van der Waals surface area contributed by atoms with E-state index in [0.717, 1.165) is 6.07 Å². The first kappa shape index (κ1) is 26.2. The van der Waals surface area contributed by atoms with E-state index in [4.69, 9.17) is 4.74 Å². The molecule has 0 saturated carbocycles. The van der Waals surface area contributed by atoms with Crippen molar-refractivity contribution in [2.24, 2.45) is 0 Å². The Hall–Kier alpha value is -3.83. The number of aromatic nitrogens is 3. The van der Waals surface area contributed by atoms with Crippen molar-refractivity contribution in [1.29, 1.82) is 0 Å². The fraction of sp³-hybridized carbons (Fsp3) is 0.440. The number of piperazine rings is 1. The molecule has 2 amide bonds. The molecule has 1 aliphatic heterocycles. The zero-order valence-electron chi connectivity index (χ0n) is 21.0. The smallest absolute Gasteiger partial charge is 0.410 e. The fourth-order valence-corrected chi connectivity index (χ4v) is 4.05. The molecule has 198 valence electrons. The number of benzene rings is 1. The Labute approximate surface area is 212 Å². The van der Waals surface area contributed by atoms with E-state index in [1.807, 2.05) is 0 Å². The van der Waals surface area contributed by atoms with E-state index in [1.165, 1.54) is 24.5 Å². The van der Waals surface area contributed by atoms with Crippen LogP contribution in [0.3, 0.4) is 0 Å². The lowest BCUT2D eigenvalue weighted by molar-refractivity contribution is 0.0140. The lowest BCUT2D eigenvalue weighted by atomic mass is 10.0. The summed E-state index contributed by atoms with van der Waals surface area (Å²) in [5.74, 6) is -1.01. The number of anilines is 1. The van der Waals surface area contributed by atoms with Gasteiger partial charge in [-0.15, -0.1) is 0 Å². The van der Waals surface area contributed by atoms with Crippen molar-refractivity contribution in [1.82, 2.24) is 24.2 Å². The number of amides is 2. The minimum absolute atomic E-state index is 0.0656. The van der Waals surface area contributed by atoms with Gasteiger partial charge in [-0.25, -0.2) is 27.9 Å². The third kappa shape index (κ3) is 5.78. The number of nitrogens with one attached hydrogen (secondary N) is 1. The molecule has 1 fully saturated rings. The number of hydrogen-bond acceptors (Lipinski definition) is 6. The SMILES string of the molecule is C[C@@H](Nc1nccc2nc(C(=O)N3CCN(C(=O)OC(C)(C)C)CC3)cn12)c1cccc(C(F)F)c1F. The van der Waals surface area contributed by atoms with Gasteiger partial charge in [-0.2, -0.15) is 0 Å². The molecule has 1 aromatic carbocycles. The van der Waals surface area contributed by atoms with Gasteiger partial charge < -0.3 is 19.9 Å². The minimum Gasteiger partial charge on any atom is -0.444 e. The van der Waals surface area contributed by atoms with Crippen molar-refractivity contribution in [2.75, 3.05) is 31.5 Å². The van der Waals surface area contributed by atoms with Crippen molar-refractivity contribution < 1.29 is 27.5 Å². The van der Waals surface area contributed by atoms with E-state index in [2.05, 4.69) is 15.3 Å². The van der Waals surface area contributed by atoms with Crippen LogP contribution in [0.15, 0.2) is 36.7 Å². The molecular formula is C25H29F3N6O3. The van der Waals surface area contributed by atoms with Crippen LogP contribution >= 0.6 is 0 Å². The van der Waals surface area contributed by atoms with E-state index in [9.17, 15) is 22.8 Å². The Balaban J connectivity index is 1.48. The molecule has 0 bridgehead atoms. The van der Waals surface area contributed by atoms with Crippen LogP contribution < -0.4 is 5.32 Å². The van der Waals surface area contributed by atoms with Crippen molar-refractivity contribution in [2.45, 2.75) is 45.8 Å². The zero-order valence-corrected chi connectivity index (χ0v) is 21.0. The maximum Gasteiger partial charge on any atom is 0.410 e. The topological polar surface area (TPSA) is 92.1 Å². The van der Waals surface area contributed by atoms with Crippen molar-refractivity contribution in [3.8, 4) is 0 Å². The third-order valence-corrected chi connectivity index (χ3v) is 5.93. The van der Waals surface area contributed by atoms with Gasteiger partial charge in [0.1, 0.15) is 22.8 Å². The highest BCUT2D eigenvalue weighted by atomic mass is 19.3. The Kier molecular flexibility index (Phi) is 7.28. The summed E-state index contributed by atoms with van der Waals surface area (Å²) >= 11 is 0. The number of alkyl halides is 2. The molecule has 12 heteroatoms. The van der Waals surface area contributed by atoms with Crippen LogP contribution in [0, 0.1) is 5.82 Å².